The van der Waals surface area contributed by atoms with Crippen LogP contribution in [0.5, 0.6) is 11.5 Å². The zero-order valence-corrected chi connectivity index (χ0v) is 20.0. The topological polar surface area (TPSA) is 47.9 Å². The van der Waals surface area contributed by atoms with Crippen molar-refractivity contribution in [1.82, 2.24) is 15.0 Å². The molecular formula is C33H23N3O. The molecule has 1 heterocycles. The molecule has 0 N–H and O–H groups in total. The Bertz CT molecular complexity index is 1540. The molecule has 6 rings (SSSR count). The minimum Gasteiger partial charge on any atom is -0.457 e. The Morgan fingerprint density at radius 2 is 0.595 bits per heavy atom. The van der Waals surface area contributed by atoms with E-state index in [0.717, 1.165) is 33.8 Å². The number of aromatic nitrogens is 3. The Kier molecular flexibility index (Phi) is 6.21. The van der Waals surface area contributed by atoms with Crippen molar-refractivity contribution in [2.75, 3.05) is 0 Å². The molecule has 0 saturated heterocycles. The van der Waals surface area contributed by atoms with Crippen molar-refractivity contribution in [3.05, 3.63) is 140 Å². The van der Waals surface area contributed by atoms with Crippen molar-refractivity contribution >= 4 is 0 Å². The molecule has 0 bridgehead atoms. The van der Waals surface area contributed by atoms with Crippen LogP contribution in [0.3, 0.4) is 0 Å². The van der Waals surface area contributed by atoms with Crippen LogP contribution in [-0.2, 0) is 0 Å². The van der Waals surface area contributed by atoms with Crippen molar-refractivity contribution in [3.63, 3.8) is 0 Å². The molecule has 0 radical (unpaired) electrons. The molecule has 0 spiro atoms. The van der Waals surface area contributed by atoms with Crippen LogP contribution in [0.1, 0.15) is 0 Å². The minimum absolute atomic E-state index is 0.617. The third-order valence-corrected chi connectivity index (χ3v) is 6.01. The molecule has 6 aromatic rings. The average Bonchev–Trinajstić information content (AvgIpc) is 2.99. The molecule has 4 nitrogen and oxygen atoms in total. The van der Waals surface area contributed by atoms with Gasteiger partial charge in [0.25, 0.3) is 0 Å². The first-order chi connectivity index (χ1) is 18.3. The largest absolute Gasteiger partial charge is 0.457 e. The van der Waals surface area contributed by atoms with Crippen molar-refractivity contribution in [2.45, 2.75) is 0 Å². The van der Waals surface area contributed by atoms with Crippen molar-refractivity contribution in [3.8, 4) is 56.8 Å². The number of nitrogens with zero attached hydrogens (tertiary/aromatic N) is 3. The summed E-state index contributed by atoms with van der Waals surface area (Å²) in [7, 11) is 0. The quantitative estimate of drug-likeness (QED) is 0.242. The first-order valence-corrected chi connectivity index (χ1v) is 12.1. The number of hydrogen-bond donors (Lipinski definition) is 0. The second-order valence-electron chi connectivity index (χ2n) is 8.56. The molecule has 0 saturated carbocycles. The Morgan fingerprint density at radius 1 is 0.297 bits per heavy atom. The van der Waals surface area contributed by atoms with Crippen molar-refractivity contribution in [2.24, 2.45) is 0 Å². The van der Waals surface area contributed by atoms with Gasteiger partial charge in [-0.25, -0.2) is 15.0 Å². The highest BCUT2D eigenvalue weighted by Gasteiger charge is 2.12. The van der Waals surface area contributed by atoms with Crippen LogP contribution < -0.4 is 4.74 Å². The monoisotopic (exact) mass is 477 g/mol. The molecule has 4 heteroatoms. The Labute approximate surface area is 215 Å². The normalized spacial score (nSPS) is 10.7. The van der Waals surface area contributed by atoms with Gasteiger partial charge in [-0.05, 0) is 47.5 Å². The van der Waals surface area contributed by atoms with Crippen LogP contribution in [-0.4, -0.2) is 15.0 Å². The molecule has 0 aliphatic rings. The van der Waals surface area contributed by atoms with E-state index in [1.54, 1.807) is 0 Å². The SMILES string of the molecule is c1ccc(-c2ccc(Oc3ccc(-c4nc(-c5ccccc5)nc(-c5ccccc5)n4)cc3)cc2)cc1. The Balaban J connectivity index is 1.28. The van der Waals surface area contributed by atoms with Crippen LogP contribution in [0.2, 0.25) is 0 Å². The summed E-state index contributed by atoms with van der Waals surface area (Å²) in [4.78, 5) is 14.3. The summed E-state index contributed by atoms with van der Waals surface area (Å²) in [6.45, 7) is 0. The second-order valence-corrected chi connectivity index (χ2v) is 8.56. The third kappa shape index (κ3) is 5.14. The van der Waals surface area contributed by atoms with Gasteiger partial charge < -0.3 is 4.74 Å². The lowest BCUT2D eigenvalue weighted by Gasteiger charge is -2.10. The highest BCUT2D eigenvalue weighted by atomic mass is 16.5. The number of ether oxygens (including phenoxy) is 1. The van der Waals surface area contributed by atoms with Gasteiger partial charge in [-0.15, -0.1) is 0 Å². The lowest BCUT2D eigenvalue weighted by molar-refractivity contribution is 0.483. The maximum absolute atomic E-state index is 6.09. The van der Waals surface area contributed by atoms with E-state index in [0.29, 0.717) is 17.5 Å². The van der Waals surface area contributed by atoms with Crippen LogP contribution >= 0.6 is 0 Å². The van der Waals surface area contributed by atoms with E-state index in [1.165, 1.54) is 5.56 Å². The first kappa shape index (κ1) is 22.4. The maximum Gasteiger partial charge on any atom is 0.164 e. The Hall–Kier alpha value is -5.09. The third-order valence-electron chi connectivity index (χ3n) is 6.01. The highest BCUT2D eigenvalue weighted by Crippen LogP contribution is 2.29. The molecule has 37 heavy (non-hydrogen) atoms. The van der Waals surface area contributed by atoms with Gasteiger partial charge >= 0.3 is 0 Å². The van der Waals surface area contributed by atoms with E-state index < -0.39 is 0 Å². The molecule has 0 aliphatic heterocycles. The zero-order chi connectivity index (χ0) is 24.9. The number of hydrogen-bond acceptors (Lipinski definition) is 4. The van der Waals surface area contributed by atoms with Gasteiger partial charge in [-0.1, -0.05) is 103 Å². The standard InChI is InChI=1S/C33H23N3O/c1-4-10-24(11-5-1)25-16-20-29(21-17-25)37-30-22-18-28(19-23-30)33-35-31(26-12-6-2-7-13-26)34-32(36-33)27-14-8-3-9-15-27/h1-23H. The molecule has 0 amide bonds. The van der Waals surface area contributed by atoms with E-state index in [-0.39, 0.29) is 0 Å². The second kappa shape index (κ2) is 10.3. The summed E-state index contributed by atoms with van der Waals surface area (Å²) in [6, 6.07) is 46.2. The average molecular weight is 478 g/mol. The first-order valence-electron chi connectivity index (χ1n) is 12.1. The molecule has 0 atom stereocenters. The molecule has 176 valence electrons. The molecule has 0 unspecified atom stereocenters. The molecule has 5 aromatic carbocycles. The van der Waals surface area contributed by atoms with Gasteiger partial charge in [0, 0.05) is 16.7 Å². The predicted molar refractivity (Wildman–Crippen MR) is 148 cm³/mol. The van der Waals surface area contributed by atoms with Gasteiger partial charge in [0.2, 0.25) is 0 Å². The fraction of sp³-hybridized carbons (Fsp3) is 0. The van der Waals surface area contributed by atoms with E-state index in [1.807, 2.05) is 115 Å². The lowest BCUT2D eigenvalue weighted by atomic mass is 10.1. The van der Waals surface area contributed by atoms with Gasteiger partial charge in [0.1, 0.15) is 11.5 Å². The fourth-order valence-corrected chi connectivity index (χ4v) is 4.09. The minimum atomic E-state index is 0.617. The number of rotatable bonds is 6. The van der Waals surface area contributed by atoms with Crippen molar-refractivity contribution < 1.29 is 4.74 Å². The van der Waals surface area contributed by atoms with Crippen LogP contribution in [0.4, 0.5) is 0 Å². The summed E-state index contributed by atoms with van der Waals surface area (Å²) in [6.07, 6.45) is 0. The smallest absolute Gasteiger partial charge is 0.164 e. The molecule has 0 aliphatic carbocycles. The molecule has 1 aromatic heterocycles. The van der Waals surface area contributed by atoms with E-state index >= 15 is 0 Å². The summed E-state index contributed by atoms with van der Waals surface area (Å²) >= 11 is 0. The van der Waals surface area contributed by atoms with E-state index in [9.17, 15) is 0 Å². The number of benzene rings is 5. The Morgan fingerprint density at radius 3 is 1.00 bits per heavy atom. The van der Waals surface area contributed by atoms with Gasteiger partial charge in [-0.3, -0.25) is 0 Å². The van der Waals surface area contributed by atoms with Crippen LogP contribution in [0.25, 0.3) is 45.3 Å². The molecule has 0 fully saturated rings. The highest BCUT2D eigenvalue weighted by molar-refractivity contribution is 5.67. The van der Waals surface area contributed by atoms with Crippen LogP contribution in [0, 0.1) is 0 Å². The molecular weight excluding hydrogens is 454 g/mol. The fourth-order valence-electron chi connectivity index (χ4n) is 4.09. The van der Waals surface area contributed by atoms with Crippen molar-refractivity contribution in [1.29, 1.82) is 0 Å². The maximum atomic E-state index is 6.09. The summed E-state index contributed by atoms with van der Waals surface area (Å²) in [5.41, 5.74) is 5.12. The van der Waals surface area contributed by atoms with Gasteiger partial charge in [0.15, 0.2) is 17.5 Å². The lowest BCUT2D eigenvalue weighted by Crippen LogP contribution is -2.00. The summed E-state index contributed by atoms with van der Waals surface area (Å²) < 4.78 is 6.09. The van der Waals surface area contributed by atoms with E-state index in [4.69, 9.17) is 19.7 Å². The summed E-state index contributed by atoms with van der Waals surface area (Å²) in [5, 5.41) is 0. The van der Waals surface area contributed by atoms with E-state index in [2.05, 4.69) is 24.3 Å². The van der Waals surface area contributed by atoms with Gasteiger partial charge in [0.05, 0.1) is 0 Å². The van der Waals surface area contributed by atoms with Gasteiger partial charge in [-0.2, -0.15) is 0 Å². The predicted octanol–water partition coefficient (Wildman–Crippen LogP) is 8.33. The zero-order valence-electron chi connectivity index (χ0n) is 20.0. The van der Waals surface area contributed by atoms with Crippen LogP contribution in [0.15, 0.2) is 140 Å². The summed E-state index contributed by atoms with van der Waals surface area (Å²) in [5.74, 6) is 3.43.